The number of nitrogens with zero attached hydrogens (tertiary/aromatic N) is 1. The first-order valence-electron chi connectivity index (χ1n) is 5.86. The van der Waals surface area contributed by atoms with Crippen LogP contribution in [0.5, 0.6) is 0 Å². The summed E-state index contributed by atoms with van der Waals surface area (Å²) in [4.78, 5) is 1.32. The van der Waals surface area contributed by atoms with E-state index in [4.69, 9.17) is 11.6 Å². The van der Waals surface area contributed by atoms with Gasteiger partial charge in [-0.1, -0.05) is 17.7 Å². The van der Waals surface area contributed by atoms with Crippen LogP contribution in [0.3, 0.4) is 0 Å². The molecule has 1 aromatic carbocycles. The fourth-order valence-corrected chi connectivity index (χ4v) is 2.51. The molecule has 0 aliphatic carbocycles. The van der Waals surface area contributed by atoms with Gasteiger partial charge in [0.15, 0.2) is 0 Å². The predicted molar refractivity (Wildman–Crippen MR) is 71.9 cm³/mol. The molecule has 2 rings (SSSR count). The number of halogens is 6. The van der Waals surface area contributed by atoms with Gasteiger partial charge in [-0.2, -0.15) is 13.2 Å². The lowest BCUT2D eigenvalue weighted by Crippen LogP contribution is -2.49. The molecule has 2 nitrogen and oxygen atoms in total. The second-order valence-corrected chi connectivity index (χ2v) is 4.80. The van der Waals surface area contributed by atoms with Crippen molar-refractivity contribution < 1.29 is 17.6 Å². The highest BCUT2D eigenvalue weighted by molar-refractivity contribution is 6.31. The normalized spacial score (nSPS) is 18.4. The van der Waals surface area contributed by atoms with Crippen LogP contribution >= 0.6 is 24.0 Å². The molecule has 1 atom stereocenters. The quantitative estimate of drug-likeness (QED) is 0.835. The number of benzene rings is 1. The summed E-state index contributed by atoms with van der Waals surface area (Å²) in [5, 5.41) is 2.80. The molecule has 0 unspecified atom stereocenters. The Kier molecular flexibility index (Phi) is 6.06. The van der Waals surface area contributed by atoms with Crippen LogP contribution in [0.2, 0.25) is 5.02 Å². The molecule has 8 heteroatoms. The van der Waals surface area contributed by atoms with E-state index >= 15 is 0 Å². The molecule has 0 aromatic heterocycles. The average molecular weight is 333 g/mol. The molecule has 0 radical (unpaired) electrons. The van der Waals surface area contributed by atoms with Gasteiger partial charge in [-0.05, 0) is 17.7 Å². The molecular weight excluding hydrogens is 319 g/mol. The number of piperazine rings is 1. The van der Waals surface area contributed by atoms with Crippen molar-refractivity contribution in [3.05, 3.63) is 34.6 Å². The van der Waals surface area contributed by atoms with E-state index < -0.39 is 18.0 Å². The van der Waals surface area contributed by atoms with Crippen LogP contribution in [0.15, 0.2) is 18.2 Å². The van der Waals surface area contributed by atoms with Gasteiger partial charge in [0.1, 0.15) is 11.9 Å². The summed E-state index contributed by atoms with van der Waals surface area (Å²) in [6, 6.07) is 1.24. The SMILES string of the molecule is Cl.Fc1ccc([C@@H](N2CCNCC2)C(F)(F)F)c(Cl)c1. The summed E-state index contributed by atoms with van der Waals surface area (Å²) in [6.07, 6.45) is -4.45. The fraction of sp³-hybridized carbons (Fsp3) is 0.500. The van der Waals surface area contributed by atoms with Crippen LogP contribution in [0, 0.1) is 5.82 Å². The van der Waals surface area contributed by atoms with Crippen molar-refractivity contribution in [1.82, 2.24) is 10.2 Å². The van der Waals surface area contributed by atoms with Crippen molar-refractivity contribution in [1.29, 1.82) is 0 Å². The Bertz CT molecular complexity index is 448. The Morgan fingerprint density at radius 1 is 1.20 bits per heavy atom. The van der Waals surface area contributed by atoms with Crippen molar-refractivity contribution in [2.75, 3.05) is 26.2 Å². The van der Waals surface area contributed by atoms with Crippen molar-refractivity contribution >= 4 is 24.0 Å². The summed E-state index contributed by atoms with van der Waals surface area (Å²) >= 11 is 5.77. The van der Waals surface area contributed by atoms with E-state index in [-0.39, 0.29) is 36.1 Å². The minimum absolute atomic E-state index is 0. The lowest BCUT2D eigenvalue weighted by Gasteiger charge is -2.36. The molecule has 0 bridgehead atoms. The van der Waals surface area contributed by atoms with Crippen molar-refractivity contribution in [3.8, 4) is 0 Å². The Morgan fingerprint density at radius 2 is 1.80 bits per heavy atom. The maximum Gasteiger partial charge on any atom is 0.408 e. The Morgan fingerprint density at radius 3 is 2.30 bits per heavy atom. The van der Waals surface area contributed by atoms with Gasteiger partial charge in [0.2, 0.25) is 0 Å². The van der Waals surface area contributed by atoms with Crippen LogP contribution < -0.4 is 5.32 Å². The molecule has 0 saturated carbocycles. The van der Waals surface area contributed by atoms with Gasteiger partial charge < -0.3 is 5.32 Å². The number of rotatable bonds is 2. The lowest BCUT2D eigenvalue weighted by atomic mass is 10.0. The molecule has 0 spiro atoms. The first-order valence-corrected chi connectivity index (χ1v) is 6.24. The fourth-order valence-electron chi connectivity index (χ4n) is 2.24. The van der Waals surface area contributed by atoms with Gasteiger partial charge in [-0.15, -0.1) is 12.4 Å². The van der Waals surface area contributed by atoms with Crippen molar-refractivity contribution in [2.45, 2.75) is 12.2 Å². The number of hydrogen-bond acceptors (Lipinski definition) is 2. The summed E-state index contributed by atoms with van der Waals surface area (Å²) in [6.45, 7) is 1.53. The summed E-state index contributed by atoms with van der Waals surface area (Å²) in [5.41, 5.74) is -0.0996. The maximum atomic E-state index is 13.3. The molecule has 1 aliphatic heterocycles. The highest BCUT2D eigenvalue weighted by atomic mass is 35.5. The van der Waals surface area contributed by atoms with Crippen LogP contribution in [0.25, 0.3) is 0 Å². The lowest BCUT2D eigenvalue weighted by molar-refractivity contribution is -0.187. The molecule has 1 heterocycles. The Balaban J connectivity index is 0.00000200. The van der Waals surface area contributed by atoms with E-state index in [2.05, 4.69) is 5.32 Å². The van der Waals surface area contributed by atoms with Crippen molar-refractivity contribution in [2.24, 2.45) is 0 Å². The van der Waals surface area contributed by atoms with Crippen LogP contribution in [-0.4, -0.2) is 37.3 Å². The number of alkyl halides is 3. The molecule has 114 valence electrons. The topological polar surface area (TPSA) is 15.3 Å². The third kappa shape index (κ3) is 3.97. The molecule has 1 aliphatic rings. The Labute approximate surface area is 125 Å². The molecule has 1 N–H and O–H groups in total. The first-order chi connectivity index (χ1) is 8.89. The van der Waals surface area contributed by atoms with E-state index in [1.165, 1.54) is 4.90 Å². The predicted octanol–water partition coefficient (Wildman–Crippen LogP) is 3.41. The zero-order chi connectivity index (χ0) is 14.0. The van der Waals surface area contributed by atoms with E-state index in [9.17, 15) is 17.6 Å². The average Bonchev–Trinajstić information content (AvgIpc) is 2.32. The number of hydrogen-bond donors (Lipinski definition) is 1. The largest absolute Gasteiger partial charge is 0.408 e. The molecular formula is C12H14Cl2F4N2. The van der Waals surface area contributed by atoms with Crippen LogP contribution in [-0.2, 0) is 0 Å². The zero-order valence-corrected chi connectivity index (χ0v) is 12.0. The molecule has 1 aromatic rings. The molecule has 20 heavy (non-hydrogen) atoms. The van der Waals surface area contributed by atoms with E-state index in [1.54, 1.807) is 0 Å². The minimum Gasteiger partial charge on any atom is -0.314 e. The highest BCUT2D eigenvalue weighted by Crippen LogP contribution is 2.40. The van der Waals surface area contributed by atoms with E-state index in [1.807, 2.05) is 0 Å². The summed E-state index contributed by atoms with van der Waals surface area (Å²) in [7, 11) is 0. The van der Waals surface area contributed by atoms with E-state index in [0.717, 1.165) is 18.2 Å². The molecule has 1 fully saturated rings. The first kappa shape index (κ1) is 17.5. The smallest absolute Gasteiger partial charge is 0.314 e. The monoisotopic (exact) mass is 332 g/mol. The van der Waals surface area contributed by atoms with Gasteiger partial charge in [-0.3, -0.25) is 4.90 Å². The molecule has 0 amide bonds. The third-order valence-corrected chi connectivity index (χ3v) is 3.41. The highest BCUT2D eigenvalue weighted by Gasteiger charge is 2.45. The van der Waals surface area contributed by atoms with Crippen LogP contribution in [0.1, 0.15) is 11.6 Å². The second-order valence-electron chi connectivity index (χ2n) is 4.40. The van der Waals surface area contributed by atoms with Crippen molar-refractivity contribution in [3.63, 3.8) is 0 Å². The molecule has 1 saturated heterocycles. The standard InChI is InChI=1S/C12H13ClF4N2.ClH/c13-10-7-8(14)1-2-9(10)11(12(15,16)17)19-5-3-18-4-6-19;/h1-2,7,11,18H,3-6H2;1H/t11-;/m1./s1. The second kappa shape index (κ2) is 6.93. The van der Waals surface area contributed by atoms with Gasteiger partial charge in [0, 0.05) is 31.2 Å². The van der Waals surface area contributed by atoms with Gasteiger partial charge >= 0.3 is 6.18 Å². The van der Waals surface area contributed by atoms with Gasteiger partial charge in [0.05, 0.1) is 0 Å². The maximum absolute atomic E-state index is 13.3. The summed E-state index contributed by atoms with van der Waals surface area (Å²) in [5.74, 6) is -0.644. The van der Waals surface area contributed by atoms with Gasteiger partial charge in [-0.25, -0.2) is 4.39 Å². The summed E-state index contributed by atoms with van der Waals surface area (Å²) < 4.78 is 52.7. The minimum atomic E-state index is -4.45. The number of nitrogens with one attached hydrogen (secondary N) is 1. The van der Waals surface area contributed by atoms with E-state index in [0.29, 0.717) is 13.1 Å². The Hall–Kier alpha value is -0.560. The zero-order valence-electron chi connectivity index (χ0n) is 10.4. The van der Waals surface area contributed by atoms with Gasteiger partial charge in [0.25, 0.3) is 0 Å². The third-order valence-electron chi connectivity index (χ3n) is 3.08. The van der Waals surface area contributed by atoms with Crippen LogP contribution in [0.4, 0.5) is 17.6 Å².